The predicted molar refractivity (Wildman–Crippen MR) is 128 cm³/mol. The molecule has 0 fully saturated rings. The minimum Gasteiger partial charge on any atom is -0.397 e. The largest absolute Gasteiger partial charge is 0.416 e. The van der Waals surface area contributed by atoms with Crippen LogP contribution < -0.4 is 21.9 Å². The highest BCUT2D eigenvalue weighted by Crippen LogP contribution is 2.37. The van der Waals surface area contributed by atoms with Crippen molar-refractivity contribution in [2.45, 2.75) is 26.9 Å². The first-order valence-electron chi connectivity index (χ1n) is 9.95. The third kappa shape index (κ3) is 5.23. The van der Waals surface area contributed by atoms with Crippen molar-refractivity contribution in [1.82, 2.24) is 14.8 Å². The Kier molecular flexibility index (Phi) is 7.03. The van der Waals surface area contributed by atoms with Gasteiger partial charge in [-0.05, 0) is 44.5 Å². The summed E-state index contributed by atoms with van der Waals surface area (Å²) in [5, 5.41) is 7.85. The maximum Gasteiger partial charge on any atom is 0.416 e. The summed E-state index contributed by atoms with van der Waals surface area (Å²) in [6, 6.07) is 3.76. The SMILES string of the molecule is Cc1ncc(C(=O)Nc2cc(Br)c(C)c(C(F)(F)F)c2)cc1N(N)/C=C(\N)c1cnn(C)c1C. The summed E-state index contributed by atoms with van der Waals surface area (Å²) in [6.45, 7) is 4.90. The molecule has 5 N–H and O–H groups in total. The molecule has 0 aliphatic heterocycles. The molecular formula is C22H23BrF3N7O. The average Bonchev–Trinajstić information content (AvgIpc) is 3.08. The van der Waals surface area contributed by atoms with Crippen LogP contribution in [0.3, 0.4) is 0 Å². The Morgan fingerprint density at radius 2 is 1.88 bits per heavy atom. The third-order valence-corrected chi connectivity index (χ3v) is 6.16. The van der Waals surface area contributed by atoms with Crippen molar-refractivity contribution >= 4 is 38.9 Å². The predicted octanol–water partition coefficient (Wildman–Crippen LogP) is 4.41. The normalized spacial score (nSPS) is 12.1. The van der Waals surface area contributed by atoms with Gasteiger partial charge in [0.05, 0.1) is 34.4 Å². The monoisotopic (exact) mass is 537 g/mol. The molecule has 2 heterocycles. The summed E-state index contributed by atoms with van der Waals surface area (Å²) >= 11 is 3.11. The van der Waals surface area contributed by atoms with Crippen LogP contribution in [0.15, 0.2) is 41.3 Å². The van der Waals surface area contributed by atoms with Gasteiger partial charge in [0.25, 0.3) is 5.91 Å². The molecule has 0 aliphatic rings. The fourth-order valence-electron chi connectivity index (χ4n) is 3.23. The lowest BCUT2D eigenvalue weighted by Gasteiger charge is -2.18. The van der Waals surface area contributed by atoms with E-state index in [1.54, 1.807) is 24.9 Å². The molecule has 0 spiro atoms. The average molecular weight is 538 g/mol. The molecule has 180 valence electrons. The summed E-state index contributed by atoms with van der Waals surface area (Å²) in [6.07, 6.45) is -0.166. The van der Waals surface area contributed by atoms with Crippen LogP contribution in [0.4, 0.5) is 24.5 Å². The summed E-state index contributed by atoms with van der Waals surface area (Å²) in [4.78, 5) is 17.0. The quantitative estimate of drug-likeness (QED) is 0.328. The number of nitrogens with two attached hydrogens (primary N) is 2. The van der Waals surface area contributed by atoms with E-state index in [0.29, 0.717) is 22.6 Å². The van der Waals surface area contributed by atoms with Crippen molar-refractivity contribution in [3.63, 3.8) is 0 Å². The second-order valence-electron chi connectivity index (χ2n) is 7.67. The van der Waals surface area contributed by atoms with Crippen LogP contribution >= 0.6 is 15.9 Å². The van der Waals surface area contributed by atoms with Crippen molar-refractivity contribution in [3.8, 4) is 0 Å². The Bertz CT molecular complexity index is 1280. The zero-order valence-electron chi connectivity index (χ0n) is 18.8. The van der Waals surface area contributed by atoms with E-state index < -0.39 is 17.6 Å². The Morgan fingerprint density at radius 1 is 1.21 bits per heavy atom. The Morgan fingerprint density at radius 3 is 2.47 bits per heavy atom. The molecule has 1 aromatic carbocycles. The Hall–Kier alpha value is -3.38. The molecule has 3 rings (SSSR count). The van der Waals surface area contributed by atoms with Gasteiger partial charge < -0.3 is 11.1 Å². The van der Waals surface area contributed by atoms with Crippen LogP contribution in [0, 0.1) is 20.8 Å². The number of anilines is 2. The van der Waals surface area contributed by atoms with Crippen molar-refractivity contribution < 1.29 is 18.0 Å². The standard InChI is InChI=1S/C22H23BrF3N7O/c1-11-17(22(24,25)26)6-15(7-18(11)23)31-21(34)14-5-20(12(2)29-8-14)33(28)10-19(27)16-9-30-32(4)13(16)3/h5-10H,27-28H2,1-4H3,(H,31,34)/b19-10-. The molecule has 0 unspecified atom stereocenters. The Balaban J connectivity index is 1.89. The van der Waals surface area contributed by atoms with E-state index in [-0.39, 0.29) is 21.3 Å². The molecule has 0 saturated heterocycles. The number of halogens is 4. The number of carbonyl (C=O) groups is 1. The molecule has 12 heteroatoms. The van der Waals surface area contributed by atoms with Crippen LogP contribution in [0.25, 0.3) is 5.70 Å². The van der Waals surface area contributed by atoms with Crippen LogP contribution in [0.2, 0.25) is 0 Å². The molecule has 3 aromatic rings. The van der Waals surface area contributed by atoms with E-state index in [2.05, 4.69) is 31.3 Å². The van der Waals surface area contributed by atoms with Crippen molar-refractivity contribution in [2.24, 2.45) is 18.6 Å². The topological polar surface area (TPSA) is 115 Å². The Labute approximate surface area is 202 Å². The van der Waals surface area contributed by atoms with Crippen molar-refractivity contribution in [2.75, 3.05) is 10.3 Å². The number of pyridine rings is 1. The number of hydrogen-bond donors (Lipinski definition) is 3. The van der Waals surface area contributed by atoms with Crippen LogP contribution in [-0.4, -0.2) is 20.7 Å². The number of amides is 1. The molecule has 0 radical (unpaired) electrons. The van der Waals surface area contributed by atoms with Crippen LogP contribution in [0.5, 0.6) is 0 Å². The van der Waals surface area contributed by atoms with Gasteiger partial charge in [-0.15, -0.1) is 0 Å². The first-order chi connectivity index (χ1) is 15.8. The lowest BCUT2D eigenvalue weighted by Crippen LogP contribution is -2.27. The second kappa shape index (κ2) is 9.47. The van der Waals surface area contributed by atoms with Crippen molar-refractivity contribution in [3.05, 3.63) is 74.9 Å². The first-order valence-corrected chi connectivity index (χ1v) is 10.7. The molecular weight excluding hydrogens is 515 g/mol. The number of aromatic nitrogens is 3. The molecule has 1 amide bonds. The van der Waals surface area contributed by atoms with E-state index in [0.717, 1.165) is 11.8 Å². The number of carbonyl (C=O) groups excluding carboxylic acids is 1. The highest BCUT2D eigenvalue weighted by Gasteiger charge is 2.33. The highest BCUT2D eigenvalue weighted by molar-refractivity contribution is 9.10. The number of benzene rings is 1. The van der Waals surface area contributed by atoms with Gasteiger partial charge in [-0.1, -0.05) is 15.9 Å². The number of hydrogen-bond acceptors (Lipinski definition) is 6. The van der Waals surface area contributed by atoms with Crippen LogP contribution in [-0.2, 0) is 13.2 Å². The smallest absolute Gasteiger partial charge is 0.397 e. The minimum absolute atomic E-state index is 0.0160. The maximum atomic E-state index is 13.3. The first kappa shape index (κ1) is 25.2. The zero-order chi connectivity index (χ0) is 25.4. The molecule has 0 atom stereocenters. The fourth-order valence-corrected chi connectivity index (χ4v) is 3.69. The van der Waals surface area contributed by atoms with Gasteiger partial charge in [0, 0.05) is 40.9 Å². The maximum absolute atomic E-state index is 13.3. The molecule has 34 heavy (non-hydrogen) atoms. The molecule has 8 nitrogen and oxygen atoms in total. The van der Waals surface area contributed by atoms with Gasteiger partial charge in [-0.25, -0.2) is 5.84 Å². The van der Waals surface area contributed by atoms with Crippen LogP contribution in [0.1, 0.15) is 38.4 Å². The van der Waals surface area contributed by atoms with E-state index in [4.69, 9.17) is 11.6 Å². The fraction of sp³-hybridized carbons (Fsp3) is 0.227. The van der Waals surface area contributed by atoms with Gasteiger partial charge in [0.15, 0.2) is 0 Å². The summed E-state index contributed by atoms with van der Waals surface area (Å²) in [7, 11) is 1.78. The van der Waals surface area contributed by atoms with E-state index in [9.17, 15) is 18.0 Å². The number of alkyl halides is 3. The number of nitrogens with one attached hydrogen (secondary N) is 1. The van der Waals surface area contributed by atoms with Gasteiger partial charge in [-0.3, -0.25) is 19.5 Å². The van der Waals surface area contributed by atoms with Crippen molar-refractivity contribution in [1.29, 1.82) is 0 Å². The highest BCUT2D eigenvalue weighted by atomic mass is 79.9. The molecule has 0 aliphatic carbocycles. The van der Waals surface area contributed by atoms with Gasteiger partial charge in [0.1, 0.15) is 0 Å². The second-order valence-corrected chi connectivity index (χ2v) is 8.52. The summed E-state index contributed by atoms with van der Waals surface area (Å²) < 4.78 is 41.9. The van der Waals surface area contributed by atoms with Gasteiger partial charge in [-0.2, -0.15) is 18.3 Å². The molecule has 2 aromatic heterocycles. The third-order valence-electron chi connectivity index (χ3n) is 5.33. The number of nitrogens with zero attached hydrogens (tertiary/aromatic N) is 4. The number of aryl methyl sites for hydroxylation is 2. The lowest BCUT2D eigenvalue weighted by molar-refractivity contribution is -0.138. The summed E-state index contributed by atoms with van der Waals surface area (Å²) in [5.74, 6) is 5.52. The van der Waals surface area contributed by atoms with E-state index >= 15 is 0 Å². The minimum atomic E-state index is -4.56. The van der Waals surface area contributed by atoms with E-state index in [1.165, 1.54) is 36.5 Å². The van der Waals surface area contributed by atoms with Gasteiger partial charge >= 0.3 is 6.18 Å². The van der Waals surface area contributed by atoms with E-state index in [1.807, 2.05) is 6.92 Å². The van der Waals surface area contributed by atoms with Gasteiger partial charge in [0.2, 0.25) is 0 Å². The number of rotatable bonds is 5. The number of hydrazine groups is 1. The zero-order valence-corrected chi connectivity index (χ0v) is 20.4. The lowest BCUT2D eigenvalue weighted by atomic mass is 10.1. The summed E-state index contributed by atoms with van der Waals surface area (Å²) in [5.41, 5.74) is 8.22. The molecule has 0 saturated carbocycles. The molecule has 0 bridgehead atoms.